The van der Waals surface area contributed by atoms with Crippen molar-refractivity contribution in [1.82, 2.24) is 15.0 Å². The minimum atomic E-state index is 0.188. The van der Waals surface area contributed by atoms with Crippen molar-refractivity contribution in [2.45, 2.75) is 19.4 Å². The average molecular weight is 258 g/mol. The first-order valence-corrected chi connectivity index (χ1v) is 6.21. The molecule has 0 saturated carbocycles. The summed E-state index contributed by atoms with van der Waals surface area (Å²) >= 11 is 7.39. The lowest BCUT2D eigenvalue weighted by Gasteiger charge is -1.95. The second-order valence-electron chi connectivity index (χ2n) is 3.44. The highest BCUT2D eigenvalue weighted by molar-refractivity contribution is 7.16. The molecule has 2 rings (SSSR count). The van der Waals surface area contributed by atoms with Gasteiger partial charge < -0.3 is 5.11 Å². The molecule has 0 bridgehead atoms. The number of hydrogen-bond acceptors (Lipinski definition) is 4. The third-order valence-electron chi connectivity index (χ3n) is 2.12. The molecule has 0 saturated heterocycles. The Bertz CT molecular complexity index is 454. The molecule has 2 aromatic rings. The summed E-state index contributed by atoms with van der Waals surface area (Å²) in [5, 5.41) is 16.8. The first-order chi connectivity index (χ1) is 7.78. The van der Waals surface area contributed by atoms with Crippen LogP contribution >= 0.6 is 22.9 Å². The first kappa shape index (κ1) is 11.6. The Hall–Kier alpha value is -0.910. The van der Waals surface area contributed by atoms with E-state index in [1.807, 2.05) is 18.3 Å². The van der Waals surface area contributed by atoms with Gasteiger partial charge in [-0.2, -0.15) is 0 Å². The van der Waals surface area contributed by atoms with Crippen LogP contribution in [0.2, 0.25) is 4.34 Å². The quantitative estimate of drug-likeness (QED) is 0.891. The van der Waals surface area contributed by atoms with E-state index in [-0.39, 0.29) is 6.61 Å². The Balaban J connectivity index is 1.97. The van der Waals surface area contributed by atoms with Crippen molar-refractivity contribution < 1.29 is 5.11 Å². The molecule has 0 fully saturated rings. The molecule has 2 aromatic heterocycles. The van der Waals surface area contributed by atoms with Gasteiger partial charge in [-0.15, -0.1) is 16.4 Å². The normalized spacial score (nSPS) is 10.9. The van der Waals surface area contributed by atoms with Crippen molar-refractivity contribution in [2.24, 2.45) is 0 Å². The van der Waals surface area contributed by atoms with E-state index in [4.69, 9.17) is 16.7 Å². The monoisotopic (exact) mass is 257 g/mol. The molecule has 6 heteroatoms. The maximum atomic E-state index is 8.70. The number of aromatic nitrogens is 3. The number of aliphatic hydroxyl groups is 1. The van der Waals surface area contributed by atoms with Crippen LogP contribution in [0.1, 0.15) is 17.0 Å². The van der Waals surface area contributed by atoms with E-state index < -0.39 is 0 Å². The molecule has 1 N–H and O–H groups in total. The van der Waals surface area contributed by atoms with Gasteiger partial charge in [0, 0.05) is 17.7 Å². The number of nitrogens with zero attached hydrogens (tertiary/aromatic N) is 3. The summed E-state index contributed by atoms with van der Waals surface area (Å²) in [6.07, 6.45) is 3.40. The van der Waals surface area contributed by atoms with Crippen LogP contribution in [0.15, 0.2) is 18.3 Å². The zero-order chi connectivity index (χ0) is 11.4. The van der Waals surface area contributed by atoms with E-state index >= 15 is 0 Å². The molecular formula is C10H12ClN3OS. The molecule has 0 amide bonds. The van der Waals surface area contributed by atoms with E-state index in [9.17, 15) is 0 Å². The summed E-state index contributed by atoms with van der Waals surface area (Å²) in [5.41, 5.74) is 0.914. The molecule has 0 radical (unpaired) electrons. The van der Waals surface area contributed by atoms with Gasteiger partial charge in [-0.05, 0) is 25.0 Å². The van der Waals surface area contributed by atoms with Gasteiger partial charge in [0.2, 0.25) is 0 Å². The number of halogens is 1. The zero-order valence-corrected chi connectivity index (χ0v) is 10.2. The Morgan fingerprint density at radius 3 is 3.00 bits per heavy atom. The van der Waals surface area contributed by atoms with Crippen LogP contribution < -0.4 is 0 Å². The standard InChI is InChI=1S/C10H12ClN3OS/c11-10-4-3-9(16-10)7-14-6-8(12-13-14)2-1-5-15/h3-4,6,15H,1-2,5,7H2. The van der Waals surface area contributed by atoms with E-state index in [0.29, 0.717) is 6.54 Å². The molecule has 16 heavy (non-hydrogen) atoms. The van der Waals surface area contributed by atoms with Gasteiger partial charge in [0.25, 0.3) is 0 Å². The molecule has 0 spiro atoms. The summed E-state index contributed by atoms with van der Waals surface area (Å²) in [6, 6.07) is 3.87. The molecule has 0 aromatic carbocycles. The number of thiophene rings is 1. The van der Waals surface area contributed by atoms with Crippen LogP contribution in [-0.4, -0.2) is 26.7 Å². The minimum Gasteiger partial charge on any atom is -0.396 e. The fourth-order valence-electron chi connectivity index (χ4n) is 1.39. The van der Waals surface area contributed by atoms with E-state index in [0.717, 1.165) is 27.7 Å². The molecule has 0 atom stereocenters. The highest BCUT2D eigenvalue weighted by Crippen LogP contribution is 2.21. The summed E-state index contributed by atoms with van der Waals surface area (Å²) in [5.74, 6) is 0. The Morgan fingerprint density at radius 2 is 2.31 bits per heavy atom. The van der Waals surface area contributed by atoms with Gasteiger partial charge in [0.1, 0.15) is 0 Å². The lowest BCUT2D eigenvalue weighted by atomic mass is 10.3. The average Bonchev–Trinajstić information content (AvgIpc) is 2.86. The molecule has 0 aliphatic heterocycles. The van der Waals surface area contributed by atoms with Gasteiger partial charge in [-0.1, -0.05) is 16.8 Å². The predicted molar refractivity (Wildman–Crippen MR) is 63.9 cm³/mol. The molecule has 4 nitrogen and oxygen atoms in total. The van der Waals surface area contributed by atoms with E-state index in [1.165, 1.54) is 0 Å². The Morgan fingerprint density at radius 1 is 1.44 bits per heavy atom. The lowest BCUT2D eigenvalue weighted by molar-refractivity contribution is 0.288. The largest absolute Gasteiger partial charge is 0.396 e. The van der Waals surface area contributed by atoms with Crippen LogP contribution in [0.3, 0.4) is 0 Å². The predicted octanol–water partition coefficient (Wildman–Crippen LogP) is 1.97. The second-order valence-corrected chi connectivity index (χ2v) is 5.24. The lowest BCUT2D eigenvalue weighted by Crippen LogP contribution is -1.98. The SMILES string of the molecule is OCCCc1cn(Cc2ccc(Cl)s2)nn1. The Labute approximate surface area is 102 Å². The molecule has 0 aliphatic rings. The smallest absolute Gasteiger partial charge is 0.0931 e. The number of hydrogen-bond donors (Lipinski definition) is 1. The molecule has 86 valence electrons. The number of aliphatic hydroxyl groups excluding tert-OH is 1. The third kappa shape index (κ3) is 3.04. The van der Waals surface area contributed by atoms with Crippen LogP contribution in [0.4, 0.5) is 0 Å². The molecule has 2 heterocycles. The van der Waals surface area contributed by atoms with Crippen LogP contribution in [0.25, 0.3) is 0 Å². The van der Waals surface area contributed by atoms with Gasteiger partial charge in [0.15, 0.2) is 0 Å². The maximum Gasteiger partial charge on any atom is 0.0931 e. The maximum absolute atomic E-state index is 8.70. The summed E-state index contributed by atoms with van der Waals surface area (Å²) in [6.45, 7) is 0.886. The minimum absolute atomic E-state index is 0.188. The van der Waals surface area contributed by atoms with Gasteiger partial charge in [-0.3, -0.25) is 0 Å². The fourth-order valence-corrected chi connectivity index (χ4v) is 2.47. The van der Waals surface area contributed by atoms with Crippen molar-refractivity contribution in [3.63, 3.8) is 0 Å². The molecular weight excluding hydrogens is 246 g/mol. The highest BCUT2D eigenvalue weighted by atomic mass is 35.5. The Kier molecular flexibility index (Phi) is 3.93. The van der Waals surface area contributed by atoms with E-state index in [2.05, 4.69) is 10.3 Å². The fraction of sp³-hybridized carbons (Fsp3) is 0.400. The summed E-state index contributed by atoms with van der Waals surface area (Å²) in [7, 11) is 0. The third-order valence-corrected chi connectivity index (χ3v) is 3.34. The number of aryl methyl sites for hydroxylation is 1. The number of rotatable bonds is 5. The van der Waals surface area contributed by atoms with Crippen LogP contribution in [-0.2, 0) is 13.0 Å². The van der Waals surface area contributed by atoms with Gasteiger partial charge in [0.05, 0.1) is 16.6 Å². The summed E-state index contributed by atoms with van der Waals surface area (Å²) < 4.78 is 2.57. The molecule has 0 aliphatic carbocycles. The molecule has 0 unspecified atom stereocenters. The first-order valence-electron chi connectivity index (χ1n) is 5.02. The van der Waals surface area contributed by atoms with Crippen molar-refractivity contribution in [3.8, 4) is 0 Å². The van der Waals surface area contributed by atoms with Crippen molar-refractivity contribution in [2.75, 3.05) is 6.61 Å². The highest BCUT2D eigenvalue weighted by Gasteiger charge is 2.03. The topological polar surface area (TPSA) is 50.9 Å². The van der Waals surface area contributed by atoms with Crippen molar-refractivity contribution >= 4 is 22.9 Å². The van der Waals surface area contributed by atoms with Gasteiger partial charge >= 0.3 is 0 Å². The van der Waals surface area contributed by atoms with Crippen molar-refractivity contribution in [1.29, 1.82) is 0 Å². The van der Waals surface area contributed by atoms with Crippen molar-refractivity contribution in [3.05, 3.63) is 33.2 Å². The van der Waals surface area contributed by atoms with Crippen LogP contribution in [0, 0.1) is 0 Å². The van der Waals surface area contributed by atoms with Gasteiger partial charge in [-0.25, -0.2) is 4.68 Å². The van der Waals surface area contributed by atoms with Crippen LogP contribution in [0.5, 0.6) is 0 Å². The summed E-state index contributed by atoms with van der Waals surface area (Å²) in [4.78, 5) is 1.16. The zero-order valence-electron chi connectivity index (χ0n) is 8.64. The van der Waals surface area contributed by atoms with E-state index in [1.54, 1.807) is 16.0 Å². The second kappa shape index (κ2) is 5.43.